The highest BCUT2D eigenvalue weighted by Gasteiger charge is 2.17. The van der Waals surface area contributed by atoms with E-state index in [4.69, 9.17) is 4.74 Å². The standard InChI is InChI=1S/C21H25F2N3O3/c1-25(14-16-6-2-4-8-18(16)26-10-12-28-13-11-26)15-20(27)24-17-7-3-5-9-19(17)29-21(22)23/h2-9,21H,10-15H2,1H3,(H,24,27). The van der Waals surface area contributed by atoms with Gasteiger partial charge in [-0.25, -0.2) is 0 Å². The highest BCUT2D eigenvalue weighted by atomic mass is 19.3. The summed E-state index contributed by atoms with van der Waals surface area (Å²) in [5, 5.41) is 2.64. The summed E-state index contributed by atoms with van der Waals surface area (Å²) in [6, 6.07) is 14.2. The van der Waals surface area contributed by atoms with Gasteiger partial charge < -0.3 is 19.7 Å². The number of rotatable bonds is 8. The molecule has 3 rings (SSSR count). The summed E-state index contributed by atoms with van der Waals surface area (Å²) in [5.41, 5.74) is 2.48. The second kappa shape index (κ2) is 10.2. The highest BCUT2D eigenvalue weighted by molar-refractivity contribution is 5.93. The van der Waals surface area contributed by atoms with E-state index < -0.39 is 6.61 Å². The van der Waals surface area contributed by atoms with Crippen LogP contribution in [0, 0.1) is 0 Å². The van der Waals surface area contributed by atoms with Gasteiger partial charge in [0.2, 0.25) is 5.91 Å². The van der Waals surface area contributed by atoms with E-state index in [0.717, 1.165) is 24.3 Å². The number of carbonyl (C=O) groups is 1. The van der Waals surface area contributed by atoms with E-state index in [2.05, 4.69) is 21.0 Å². The third-order valence-electron chi connectivity index (χ3n) is 4.57. The van der Waals surface area contributed by atoms with E-state index in [1.807, 2.05) is 30.1 Å². The molecule has 29 heavy (non-hydrogen) atoms. The van der Waals surface area contributed by atoms with Crippen molar-refractivity contribution in [3.8, 4) is 5.75 Å². The van der Waals surface area contributed by atoms with Crippen molar-refractivity contribution in [1.82, 2.24) is 4.90 Å². The molecule has 6 nitrogen and oxygen atoms in total. The topological polar surface area (TPSA) is 54.0 Å². The lowest BCUT2D eigenvalue weighted by molar-refractivity contribution is -0.117. The van der Waals surface area contributed by atoms with Crippen molar-refractivity contribution in [2.24, 2.45) is 0 Å². The van der Waals surface area contributed by atoms with Crippen LogP contribution >= 0.6 is 0 Å². The summed E-state index contributed by atoms with van der Waals surface area (Å²) in [5.74, 6) is -0.363. The molecule has 0 radical (unpaired) electrons. The molecule has 1 fully saturated rings. The zero-order valence-electron chi connectivity index (χ0n) is 16.3. The molecule has 1 N–H and O–H groups in total. The molecule has 1 heterocycles. The largest absolute Gasteiger partial charge is 0.433 e. The lowest BCUT2D eigenvalue weighted by atomic mass is 10.1. The Morgan fingerprint density at radius 3 is 2.62 bits per heavy atom. The molecule has 0 unspecified atom stereocenters. The number of benzene rings is 2. The molecule has 0 bridgehead atoms. The Hall–Kier alpha value is -2.71. The van der Waals surface area contributed by atoms with Crippen LogP contribution < -0.4 is 15.0 Å². The molecule has 156 valence electrons. The second-order valence-electron chi connectivity index (χ2n) is 6.82. The quantitative estimate of drug-likeness (QED) is 0.731. The lowest BCUT2D eigenvalue weighted by Gasteiger charge is -2.31. The number of likely N-dealkylation sites (N-methyl/N-ethyl adjacent to an activating group) is 1. The van der Waals surface area contributed by atoms with Crippen molar-refractivity contribution in [2.75, 3.05) is 50.1 Å². The van der Waals surface area contributed by atoms with Gasteiger partial charge in [-0.05, 0) is 30.8 Å². The van der Waals surface area contributed by atoms with Crippen molar-refractivity contribution >= 4 is 17.3 Å². The minimum atomic E-state index is -2.95. The van der Waals surface area contributed by atoms with Crippen LogP contribution in [0.4, 0.5) is 20.2 Å². The molecule has 0 aliphatic carbocycles. The number of alkyl halides is 2. The Bertz CT molecular complexity index is 813. The number of hydrogen-bond acceptors (Lipinski definition) is 5. The van der Waals surface area contributed by atoms with Crippen molar-refractivity contribution in [3.05, 3.63) is 54.1 Å². The number of carbonyl (C=O) groups excluding carboxylic acids is 1. The predicted octanol–water partition coefficient (Wildman–Crippen LogP) is 3.20. The lowest BCUT2D eigenvalue weighted by Crippen LogP contribution is -2.37. The minimum absolute atomic E-state index is 0.0591. The first-order chi connectivity index (χ1) is 14.0. The molecular weight excluding hydrogens is 380 g/mol. The molecular formula is C21H25F2N3O3. The fourth-order valence-corrected chi connectivity index (χ4v) is 3.31. The van der Waals surface area contributed by atoms with E-state index in [0.29, 0.717) is 19.8 Å². The maximum Gasteiger partial charge on any atom is 0.387 e. The van der Waals surface area contributed by atoms with Gasteiger partial charge in [0.05, 0.1) is 25.4 Å². The van der Waals surface area contributed by atoms with Gasteiger partial charge in [-0.2, -0.15) is 8.78 Å². The average molecular weight is 405 g/mol. The van der Waals surface area contributed by atoms with Crippen molar-refractivity contribution in [2.45, 2.75) is 13.2 Å². The van der Waals surface area contributed by atoms with Gasteiger partial charge in [0.15, 0.2) is 0 Å². The van der Waals surface area contributed by atoms with Crippen molar-refractivity contribution < 1.29 is 23.0 Å². The van der Waals surface area contributed by atoms with Crippen molar-refractivity contribution in [3.63, 3.8) is 0 Å². The van der Waals surface area contributed by atoms with Crippen LogP contribution in [0.25, 0.3) is 0 Å². The maximum absolute atomic E-state index is 12.5. The minimum Gasteiger partial charge on any atom is -0.433 e. The molecule has 2 aromatic carbocycles. The van der Waals surface area contributed by atoms with Gasteiger partial charge in [-0.3, -0.25) is 9.69 Å². The van der Waals surface area contributed by atoms with E-state index in [1.54, 1.807) is 12.1 Å². The zero-order valence-corrected chi connectivity index (χ0v) is 16.3. The van der Waals surface area contributed by atoms with E-state index in [-0.39, 0.29) is 23.9 Å². The van der Waals surface area contributed by atoms with Crippen LogP contribution in [0.1, 0.15) is 5.56 Å². The maximum atomic E-state index is 12.5. The Morgan fingerprint density at radius 1 is 1.17 bits per heavy atom. The first-order valence-corrected chi connectivity index (χ1v) is 9.46. The first-order valence-electron chi connectivity index (χ1n) is 9.46. The molecule has 0 atom stereocenters. The van der Waals surface area contributed by atoms with Crippen LogP contribution in [0.3, 0.4) is 0 Å². The number of anilines is 2. The Labute approximate surface area is 169 Å². The number of nitrogens with zero attached hydrogens (tertiary/aromatic N) is 2. The summed E-state index contributed by atoms with van der Waals surface area (Å²) >= 11 is 0. The molecule has 2 aromatic rings. The van der Waals surface area contributed by atoms with Gasteiger partial charge in [-0.1, -0.05) is 30.3 Å². The number of ether oxygens (including phenoxy) is 2. The zero-order chi connectivity index (χ0) is 20.6. The summed E-state index contributed by atoms with van der Waals surface area (Å²) in [6.45, 7) is 0.813. The van der Waals surface area contributed by atoms with E-state index in [9.17, 15) is 13.6 Å². The van der Waals surface area contributed by atoms with Crippen molar-refractivity contribution in [1.29, 1.82) is 0 Å². The fraction of sp³-hybridized carbons (Fsp3) is 0.381. The van der Waals surface area contributed by atoms with Crippen LogP contribution in [0.15, 0.2) is 48.5 Å². The molecule has 8 heteroatoms. The van der Waals surface area contributed by atoms with Gasteiger partial charge in [0.1, 0.15) is 5.75 Å². The normalized spacial score (nSPS) is 14.3. The third kappa shape index (κ3) is 6.13. The molecule has 0 spiro atoms. The van der Waals surface area contributed by atoms with Crippen LogP contribution in [-0.4, -0.2) is 57.3 Å². The van der Waals surface area contributed by atoms with E-state index in [1.165, 1.54) is 12.1 Å². The monoisotopic (exact) mass is 405 g/mol. The number of nitrogens with one attached hydrogen (secondary N) is 1. The summed E-state index contributed by atoms with van der Waals surface area (Å²) < 4.78 is 34.9. The molecule has 0 aromatic heterocycles. The van der Waals surface area contributed by atoms with Gasteiger partial charge in [0, 0.05) is 25.3 Å². The van der Waals surface area contributed by atoms with Gasteiger partial charge in [-0.15, -0.1) is 0 Å². The van der Waals surface area contributed by atoms with E-state index >= 15 is 0 Å². The van der Waals surface area contributed by atoms with Crippen LogP contribution in [0.5, 0.6) is 5.75 Å². The smallest absolute Gasteiger partial charge is 0.387 e. The van der Waals surface area contributed by atoms with Gasteiger partial charge >= 0.3 is 6.61 Å². The van der Waals surface area contributed by atoms with Crippen LogP contribution in [-0.2, 0) is 16.1 Å². The summed E-state index contributed by atoms with van der Waals surface area (Å²) in [6.07, 6.45) is 0. The molecule has 1 amide bonds. The molecule has 1 aliphatic rings. The third-order valence-corrected chi connectivity index (χ3v) is 4.57. The molecule has 1 saturated heterocycles. The highest BCUT2D eigenvalue weighted by Crippen LogP contribution is 2.26. The number of morpholine rings is 1. The number of hydrogen-bond donors (Lipinski definition) is 1. The number of amides is 1. The Morgan fingerprint density at radius 2 is 1.86 bits per heavy atom. The number of halogens is 2. The fourth-order valence-electron chi connectivity index (χ4n) is 3.31. The second-order valence-corrected chi connectivity index (χ2v) is 6.82. The number of para-hydroxylation sites is 3. The average Bonchev–Trinajstić information content (AvgIpc) is 2.70. The predicted molar refractivity (Wildman–Crippen MR) is 108 cm³/mol. The van der Waals surface area contributed by atoms with Gasteiger partial charge in [0.25, 0.3) is 0 Å². The summed E-state index contributed by atoms with van der Waals surface area (Å²) in [7, 11) is 1.84. The van der Waals surface area contributed by atoms with Crippen LogP contribution in [0.2, 0.25) is 0 Å². The molecule has 1 aliphatic heterocycles. The SMILES string of the molecule is CN(CC(=O)Nc1ccccc1OC(F)F)Cc1ccccc1N1CCOCC1. The first kappa shape index (κ1) is 21.0. The molecule has 0 saturated carbocycles. The Kier molecular flexibility index (Phi) is 7.37. The Balaban J connectivity index is 1.60. The summed E-state index contributed by atoms with van der Waals surface area (Å²) in [4.78, 5) is 16.6.